The van der Waals surface area contributed by atoms with Crippen molar-refractivity contribution in [2.75, 3.05) is 26.2 Å². The maximum absolute atomic E-state index is 6.27. The summed E-state index contributed by atoms with van der Waals surface area (Å²) in [4.78, 5) is 2.46. The molecule has 124 valence electrons. The third-order valence-corrected chi connectivity index (χ3v) is 4.99. The molecule has 0 aliphatic carbocycles. The van der Waals surface area contributed by atoms with Crippen molar-refractivity contribution in [1.82, 2.24) is 10.2 Å². The van der Waals surface area contributed by atoms with Gasteiger partial charge in [-0.15, -0.1) is 0 Å². The Labute approximate surface area is 136 Å². The largest absolute Gasteiger partial charge is 0.487 e. The Balaban J connectivity index is 2.10. The lowest BCUT2D eigenvalue weighted by atomic mass is 9.86. The minimum Gasteiger partial charge on any atom is -0.487 e. The minimum atomic E-state index is -0.0604. The van der Waals surface area contributed by atoms with Gasteiger partial charge >= 0.3 is 0 Å². The number of fused-ring (bicyclic) bond motifs is 1. The van der Waals surface area contributed by atoms with Crippen LogP contribution >= 0.6 is 0 Å². The molecule has 1 aromatic carbocycles. The van der Waals surface area contributed by atoms with E-state index in [4.69, 9.17) is 4.74 Å². The highest BCUT2D eigenvalue weighted by Crippen LogP contribution is 2.41. The molecule has 0 fully saturated rings. The second-order valence-electron chi connectivity index (χ2n) is 6.68. The maximum atomic E-state index is 6.27. The van der Waals surface area contributed by atoms with Crippen molar-refractivity contribution in [2.24, 2.45) is 0 Å². The summed E-state index contributed by atoms with van der Waals surface area (Å²) in [5.41, 5.74) is 2.57. The van der Waals surface area contributed by atoms with E-state index >= 15 is 0 Å². The van der Waals surface area contributed by atoms with Gasteiger partial charge in [0.05, 0.1) is 0 Å². The summed E-state index contributed by atoms with van der Waals surface area (Å²) in [6, 6.07) is 6.95. The molecule has 1 aromatic rings. The summed E-state index contributed by atoms with van der Waals surface area (Å²) in [5, 5.41) is 3.77. The van der Waals surface area contributed by atoms with Crippen molar-refractivity contribution in [1.29, 1.82) is 0 Å². The average Bonchev–Trinajstić information content (AvgIpc) is 2.52. The number of likely N-dealkylation sites (N-methyl/N-ethyl adjacent to an activating group) is 1. The van der Waals surface area contributed by atoms with Gasteiger partial charge in [0.2, 0.25) is 0 Å². The Bertz CT molecular complexity index is 484. The highest BCUT2D eigenvalue weighted by atomic mass is 16.5. The first-order chi connectivity index (χ1) is 10.5. The molecule has 3 nitrogen and oxygen atoms in total. The predicted octanol–water partition coefficient (Wildman–Crippen LogP) is 3.92. The molecule has 1 aliphatic rings. The van der Waals surface area contributed by atoms with Crippen LogP contribution in [0, 0.1) is 6.92 Å². The minimum absolute atomic E-state index is 0.0604. The lowest BCUT2D eigenvalue weighted by molar-refractivity contribution is 0.0438. The van der Waals surface area contributed by atoms with E-state index in [1.165, 1.54) is 11.1 Å². The van der Waals surface area contributed by atoms with Crippen LogP contribution in [0.3, 0.4) is 0 Å². The quantitative estimate of drug-likeness (QED) is 0.826. The highest BCUT2D eigenvalue weighted by Gasteiger charge is 2.35. The van der Waals surface area contributed by atoms with Crippen molar-refractivity contribution >= 4 is 0 Å². The van der Waals surface area contributed by atoms with Crippen LogP contribution in [0.1, 0.15) is 57.7 Å². The first-order valence-corrected chi connectivity index (χ1v) is 8.76. The molecule has 0 amide bonds. The summed E-state index contributed by atoms with van der Waals surface area (Å²) in [7, 11) is 0. The second kappa shape index (κ2) is 7.47. The van der Waals surface area contributed by atoms with Crippen molar-refractivity contribution in [3.8, 4) is 5.75 Å². The van der Waals surface area contributed by atoms with Gasteiger partial charge in [0.25, 0.3) is 0 Å². The van der Waals surface area contributed by atoms with Crippen LogP contribution in [0.2, 0.25) is 0 Å². The number of hydrogen-bond acceptors (Lipinski definition) is 3. The van der Waals surface area contributed by atoms with Crippen LogP contribution in [0.25, 0.3) is 0 Å². The number of aryl methyl sites for hydroxylation is 1. The number of ether oxygens (including phenoxy) is 1. The highest BCUT2D eigenvalue weighted by molar-refractivity contribution is 5.41. The smallest absolute Gasteiger partial charge is 0.124 e. The second-order valence-corrected chi connectivity index (χ2v) is 6.68. The number of nitrogens with one attached hydrogen (secondary N) is 1. The fourth-order valence-corrected chi connectivity index (χ4v) is 3.22. The van der Waals surface area contributed by atoms with Crippen LogP contribution in [0.5, 0.6) is 5.75 Å². The van der Waals surface area contributed by atoms with Crippen LogP contribution in [-0.2, 0) is 0 Å². The Morgan fingerprint density at radius 2 is 2.00 bits per heavy atom. The van der Waals surface area contributed by atoms with Crippen LogP contribution in [0.4, 0.5) is 0 Å². The van der Waals surface area contributed by atoms with Crippen LogP contribution in [0.15, 0.2) is 18.2 Å². The Morgan fingerprint density at radius 1 is 1.27 bits per heavy atom. The standard InChI is InChI=1S/C19H32N2O/c1-6-19(5)14-17(20-11-12-21(7-2)8-3)16-13-15(4)9-10-18(16)22-19/h9-10,13,17,20H,6-8,11-12,14H2,1-5H3. The zero-order valence-corrected chi connectivity index (χ0v) is 14.9. The lowest BCUT2D eigenvalue weighted by Crippen LogP contribution is -2.43. The van der Waals surface area contributed by atoms with E-state index in [2.05, 4.69) is 63.0 Å². The van der Waals surface area contributed by atoms with Gasteiger partial charge in [0.1, 0.15) is 11.4 Å². The number of rotatable bonds is 7. The number of nitrogens with zero attached hydrogens (tertiary/aromatic N) is 1. The van der Waals surface area contributed by atoms with Gasteiger partial charge in [-0.2, -0.15) is 0 Å². The molecule has 1 heterocycles. The summed E-state index contributed by atoms with van der Waals surface area (Å²) >= 11 is 0. The van der Waals surface area contributed by atoms with Crippen LogP contribution in [-0.4, -0.2) is 36.7 Å². The first-order valence-electron chi connectivity index (χ1n) is 8.76. The third kappa shape index (κ3) is 4.02. The van der Waals surface area contributed by atoms with Gasteiger partial charge in [-0.3, -0.25) is 0 Å². The first kappa shape index (κ1) is 17.3. The summed E-state index contributed by atoms with van der Waals surface area (Å²) in [6.07, 6.45) is 2.08. The molecule has 2 rings (SSSR count). The lowest BCUT2D eigenvalue weighted by Gasteiger charge is -2.40. The van der Waals surface area contributed by atoms with E-state index in [0.29, 0.717) is 6.04 Å². The zero-order chi connectivity index (χ0) is 16.2. The van der Waals surface area contributed by atoms with Gasteiger partial charge in [0.15, 0.2) is 0 Å². The average molecular weight is 304 g/mol. The van der Waals surface area contributed by atoms with E-state index < -0.39 is 0 Å². The summed E-state index contributed by atoms with van der Waals surface area (Å²) in [6.45, 7) is 15.4. The molecule has 2 unspecified atom stereocenters. The molecule has 2 atom stereocenters. The molecule has 3 heteroatoms. The van der Waals surface area contributed by atoms with Crippen molar-refractivity contribution < 1.29 is 4.74 Å². The molecular formula is C19H32N2O. The normalized spacial score (nSPS) is 24.2. The van der Waals surface area contributed by atoms with Gasteiger partial charge in [-0.1, -0.05) is 38.5 Å². The maximum Gasteiger partial charge on any atom is 0.124 e. The molecule has 0 bridgehead atoms. The fraction of sp³-hybridized carbons (Fsp3) is 0.684. The van der Waals surface area contributed by atoms with Crippen LogP contribution < -0.4 is 10.1 Å². The fourth-order valence-electron chi connectivity index (χ4n) is 3.22. The van der Waals surface area contributed by atoms with Gasteiger partial charge in [-0.25, -0.2) is 0 Å². The Hall–Kier alpha value is -1.06. The molecule has 22 heavy (non-hydrogen) atoms. The van der Waals surface area contributed by atoms with Gasteiger partial charge in [0, 0.05) is 31.1 Å². The molecule has 0 saturated heterocycles. The third-order valence-electron chi connectivity index (χ3n) is 4.99. The SMILES string of the molecule is CCN(CC)CCNC1CC(C)(CC)Oc2ccc(C)cc21. The molecule has 1 N–H and O–H groups in total. The Morgan fingerprint density at radius 3 is 2.64 bits per heavy atom. The Kier molecular flexibility index (Phi) is 5.87. The summed E-state index contributed by atoms with van der Waals surface area (Å²) < 4.78 is 6.27. The van der Waals surface area contributed by atoms with E-state index in [1.807, 2.05) is 0 Å². The number of hydrogen-bond donors (Lipinski definition) is 1. The molecule has 1 aliphatic heterocycles. The van der Waals surface area contributed by atoms with Crippen molar-refractivity contribution in [2.45, 2.75) is 59.1 Å². The number of benzene rings is 1. The van der Waals surface area contributed by atoms with Crippen molar-refractivity contribution in [3.05, 3.63) is 29.3 Å². The molecule has 0 aromatic heterocycles. The van der Waals surface area contributed by atoms with E-state index in [1.54, 1.807) is 0 Å². The molecule has 0 spiro atoms. The zero-order valence-electron chi connectivity index (χ0n) is 14.9. The topological polar surface area (TPSA) is 24.5 Å². The van der Waals surface area contributed by atoms with Gasteiger partial charge < -0.3 is 15.0 Å². The van der Waals surface area contributed by atoms with Crippen molar-refractivity contribution in [3.63, 3.8) is 0 Å². The molecular weight excluding hydrogens is 272 g/mol. The molecule has 0 radical (unpaired) electrons. The van der Waals surface area contributed by atoms with Gasteiger partial charge in [-0.05, 0) is 39.4 Å². The molecule has 0 saturated carbocycles. The predicted molar refractivity (Wildman–Crippen MR) is 93.7 cm³/mol. The monoisotopic (exact) mass is 304 g/mol. The van der Waals surface area contributed by atoms with E-state index in [0.717, 1.165) is 44.8 Å². The van der Waals surface area contributed by atoms with E-state index in [-0.39, 0.29) is 5.60 Å². The van der Waals surface area contributed by atoms with E-state index in [9.17, 15) is 0 Å². The summed E-state index contributed by atoms with van der Waals surface area (Å²) in [5.74, 6) is 1.06.